The van der Waals surface area contributed by atoms with Crippen molar-refractivity contribution in [2.24, 2.45) is 0 Å². The zero-order chi connectivity index (χ0) is 30.8. The molecule has 6 aromatic heterocycles. The summed E-state index contributed by atoms with van der Waals surface area (Å²) in [6.07, 6.45) is 11.0. The minimum atomic E-state index is 0.606. The van der Waals surface area contributed by atoms with Gasteiger partial charge in [0.15, 0.2) is 0 Å². The zero-order valence-electron chi connectivity index (χ0n) is 25.5. The first kappa shape index (κ1) is 28.1. The molecule has 7 aromatic rings. The Bertz CT molecular complexity index is 1800. The van der Waals surface area contributed by atoms with Gasteiger partial charge in [-0.3, -0.25) is 29.0 Å². The van der Waals surface area contributed by atoms with Crippen LogP contribution < -0.4 is 0 Å². The predicted octanol–water partition coefficient (Wildman–Crippen LogP) is 6.53. The molecule has 9 nitrogen and oxygen atoms in total. The van der Waals surface area contributed by atoms with Crippen LogP contribution in [0.25, 0.3) is 34.2 Å². The normalized spacial score (nSPS) is 11.3. The van der Waals surface area contributed by atoms with Crippen molar-refractivity contribution in [1.29, 1.82) is 0 Å². The Hall–Kier alpha value is -5.70. The Morgan fingerprint density at radius 3 is 0.978 bits per heavy atom. The number of pyridine rings is 3. The lowest BCUT2D eigenvalue weighted by Gasteiger charge is -2.24. The summed E-state index contributed by atoms with van der Waals surface area (Å²) in [4.78, 5) is 13.8. The molecule has 45 heavy (non-hydrogen) atoms. The van der Waals surface area contributed by atoms with Crippen molar-refractivity contribution in [3.63, 3.8) is 0 Å². The van der Waals surface area contributed by atoms with Gasteiger partial charge in [-0.15, -0.1) is 0 Å². The van der Waals surface area contributed by atoms with Gasteiger partial charge in [0.05, 0.1) is 53.8 Å². The number of rotatable bonds is 9. The van der Waals surface area contributed by atoms with Gasteiger partial charge in [-0.25, -0.2) is 0 Å². The van der Waals surface area contributed by atoms with E-state index in [2.05, 4.69) is 35.7 Å². The number of benzene rings is 1. The topological polar surface area (TPSA) is 92.1 Å². The third kappa shape index (κ3) is 5.44. The van der Waals surface area contributed by atoms with Crippen LogP contribution in [-0.4, -0.2) is 44.3 Å². The van der Waals surface area contributed by atoms with Crippen molar-refractivity contribution in [3.8, 4) is 34.2 Å². The minimum absolute atomic E-state index is 0.606. The molecule has 0 unspecified atom stereocenters. The summed E-state index contributed by atoms with van der Waals surface area (Å²) < 4.78 is 6.13. The summed E-state index contributed by atoms with van der Waals surface area (Å²) in [6, 6.07) is 23.9. The van der Waals surface area contributed by atoms with Crippen molar-refractivity contribution in [1.82, 2.24) is 44.3 Å². The average molecular weight is 592 g/mol. The van der Waals surface area contributed by atoms with Crippen molar-refractivity contribution in [2.45, 2.75) is 40.4 Å². The van der Waals surface area contributed by atoms with Crippen molar-refractivity contribution in [3.05, 3.63) is 143 Å². The Morgan fingerprint density at radius 1 is 0.400 bits per heavy atom. The fourth-order valence-electron chi connectivity index (χ4n) is 6.12. The molecule has 0 aliphatic carbocycles. The van der Waals surface area contributed by atoms with Gasteiger partial charge in [-0.05, 0) is 109 Å². The van der Waals surface area contributed by atoms with Gasteiger partial charge in [0, 0.05) is 37.2 Å². The Labute approximate surface area is 261 Å². The first-order chi connectivity index (χ1) is 22.1. The van der Waals surface area contributed by atoms with Crippen molar-refractivity contribution >= 4 is 0 Å². The number of hydrogen-bond donors (Lipinski definition) is 0. The second-order valence-electron chi connectivity index (χ2n) is 11.1. The fourth-order valence-corrected chi connectivity index (χ4v) is 6.12. The summed E-state index contributed by atoms with van der Waals surface area (Å²) >= 11 is 0. The molecule has 1 aromatic carbocycles. The van der Waals surface area contributed by atoms with E-state index in [0.717, 1.165) is 34.2 Å². The quantitative estimate of drug-likeness (QED) is 0.190. The van der Waals surface area contributed by atoms with Crippen LogP contribution in [0.5, 0.6) is 0 Å². The molecule has 0 amide bonds. The van der Waals surface area contributed by atoms with Crippen LogP contribution >= 0.6 is 0 Å². The predicted molar refractivity (Wildman–Crippen MR) is 174 cm³/mol. The molecule has 222 valence electrons. The molecule has 0 aliphatic rings. The van der Waals surface area contributed by atoms with E-state index in [1.165, 1.54) is 33.4 Å². The summed E-state index contributed by atoms with van der Waals surface area (Å²) in [6.45, 7) is 8.47. The largest absolute Gasteiger partial charge is 0.259 e. The van der Waals surface area contributed by atoms with Gasteiger partial charge in [0.1, 0.15) is 0 Å². The van der Waals surface area contributed by atoms with Crippen LogP contribution in [0.15, 0.2) is 110 Å². The number of aromatic nitrogens is 9. The smallest absolute Gasteiger partial charge is 0.0883 e. The molecule has 0 N–H and O–H groups in total. The highest BCUT2D eigenvalue weighted by molar-refractivity contribution is 5.58. The Balaban J connectivity index is 1.35. The van der Waals surface area contributed by atoms with Gasteiger partial charge < -0.3 is 0 Å². The molecule has 0 bridgehead atoms. The van der Waals surface area contributed by atoms with Crippen LogP contribution in [0.1, 0.15) is 33.4 Å². The molecule has 0 aliphatic heterocycles. The van der Waals surface area contributed by atoms with Crippen LogP contribution in [0, 0.1) is 20.8 Å². The molecule has 6 heterocycles. The fraction of sp³-hybridized carbons (Fsp3) is 0.167. The van der Waals surface area contributed by atoms with Crippen LogP contribution in [0.4, 0.5) is 0 Å². The second-order valence-corrected chi connectivity index (χ2v) is 11.1. The van der Waals surface area contributed by atoms with Gasteiger partial charge in [0.2, 0.25) is 0 Å². The lowest BCUT2D eigenvalue weighted by atomic mass is 9.87. The monoisotopic (exact) mass is 591 g/mol. The molecule has 0 radical (unpaired) electrons. The third-order valence-corrected chi connectivity index (χ3v) is 8.57. The Kier molecular flexibility index (Phi) is 7.57. The summed E-state index contributed by atoms with van der Waals surface area (Å²) in [5.41, 5.74) is 13.0. The van der Waals surface area contributed by atoms with Gasteiger partial charge in [0.25, 0.3) is 0 Å². The van der Waals surface area contributed by atoms with Crippen LogP contribution in [-0.2, 0) is 19.6 Å². The van der Waals surface area contributed by atoms with E-state index in [1.54, 1.807) is 0 Å². The maximum atomic E-state index is 4.74. The van der Waals surface area contributed by atoms with E-state index >= 15 is 0 Å². The molecule has 0 saturated carbocycles. The average Bonchev–Trinajstić information content (AvgIpc) is 3.86. The summed E-state index contributed by atoms with van der Waals surface area (Å²) in [5, 5.41) is 14.2. The van der Waals surface area contributed by atoms with Crippen LogP contribution in [0.3, 0.4) is 0 Å². The molecule has 0 atom stereocenters. The first-order valence-corrected chi connectivity index (χ1v) is 15.0. The minimum Gasteiger partial charge on any atom is -0.259 e. The van der Waals surface area contributed by atoms with Crippen molar-refractivity contribution in [2.75, 3.05) is 0 Å². The summed E-state index contributed by atoms with van der Waals surface area (Å²) in [7, 11) is 0. The van der Waals surface area contributed by atoms with Gasteiger partial charge in [-0.1, -0.05) is 18.2 Å². The van der Waals surface area contributed by atoms with E-state index in [4.69, 9.17) is 15.3 Å². The molecule has 0 saturated heterocycles. The Morgan fingerprint density at radius 2 is 0.711 bits per heavy atom. The maximum absolute atomic E-state index is 4.74. The van der Waals surface area contributed by atoms with Gasteiger partial charge in [-0.2, -0.15) is 15.3 Å². The number of hydrogen-bond acceptors (Lipinski definition) is 6. The number of nitrogens with zero attached hydrogens (tertiary/aromatic N) is 9. The van der Waals surface area contributed by atoms with E-state index in [-0.39, 0.29) is 0 Å². The van der Waals surface area contributed by atoms with Crippen LogP contribution in [0.2, 0.25) is 0 Å². The van der Waals surface area contributed by atoms with E-state index in [1.807, 2.05) is 124 Å². The molecule has 9 heteroatoms. The van der Waals surface area contributed by atoms with Gasteiger partial charge >= 0.3 is 0 Å². The van der Waals surface area contributed by atoms with E-state index in [0.29, 0.717) is 19.6 Å². The maximum Gasteiger partial charge on any atom is 0.0883 e. The summed E-state index contributed by atoms with van der Waals surface area (Å²) in [5.74, 6) is 0. The molecule has 0 spiro atoms. The molecule has 0 fully saturated rings. The van der Waals surface area contributed by atoms with E-state index < -0.39 is 0 Å². The second kappa shape index (κ2) is 12.1. The zero-order valence-corrected chi connectivity index (χ0v) is 25.5. The highest BCUT2D eigenvalue weighted by Crippen LogP contribution is 2.32. The molecule has 7 rings (SSSR count). The van der Waals surface area contributed by atoms with Crippen molar-refractivity contribution < 1.29 is 0 Å². The lowest BCUT2D eigenvalue weighted by Crippen LogP contribution is -2.17. The van der Waals surface area contributed by atoms with E-state index in [9.17, 15) is 0 Å². The third-order valence-electron chi connectivity index (χ3n) is 8.57. The molecular formula is C36H33N9. The SMILES string of the molecule is Cc1c(Cn2nccc2-c2ccccn2)c(C)c(Cn2nccc2-c2ccccn2)c(C)c1Cn1nccc1-c1ccccn1. The lowest BCUT2D eigenvalue weighted by molar-refractivity contribution is 0.653. The standard InChI is InChI=1S/C36H33N9/c1-25-28(22-43-34(13-19-40-43)31-10-4-7-16-37-31)26(2)30(24-45-36(15-21-42-45)33-12-6-9-18-39-33)27(3)29(25)23-44-35(14-20-41-44)32-11-5-8-17-38-32/h4-21H,22-24H2,1-3H3. The highest BCUT2D eigenvalue weighted by Gasteiger charge is 2.22. The first-order valence-electron chi connectivity index (χ1n) is 15.0. The molecular weight excluding hydrogens is 558 g/mol. The highest BCUT2D eigenvalue weighted by atomic mass is 15.3.